The summed E-state index contributed by atoms with van der Waals surface area (Å²) >= 11 is 0. The van der Waals surface area contributed by atoms with E-state index in [1.165, 1.54) is 11.1 Å². The summed E-state index contributed by atoms with van der Waals surface area (Å²) in [6, 6.07) is 16.7. The SMILES string of the molecule is CC(C)(c1ccc(OCC2CO2)cc1)c1ccc(OCC2CO2)cc1.NCCN1CCNCC1. The van der Waals surface area contributed by atoms with Crippen LogP contribution in [0.25, 0.3) is 0 Å². The number of hydrogen-bond donors (Lipinski definition) is 2. The molecule has 3 heterocycles. The first kappa shape index (κ1) is 24.9. The zero-order valence-electron chi connectivity index (χ0n) is 20.5. The minimum absolute atomic E-state index is 0.0870. The molecule has 0 aromatic heterocycles. The molecule has 186 valence electrons. The third-order valence-corrected chi connectivity index (χ3v) is 6.48. The molecule has 0 amide bonds. The molecule has 2 aromatic rings. The van der Waals surface area contributed by atoms with Crippen molar-refractivity contribution in [3.05, 3.63) is 59.7 Å². The third-order valence-electron chi connectivity index (χ3n) is 6.48. The van der Waals surface area contributed by atoms with Crippen LogP contribution in [-0.2, 0) is 14.9 Å². The largest absolute Gasteiger partial charge is 0.491 e. The molecule has 5 rings (SSSR count). The van der Waals surface area contributed by atoms with Crippen LogP contribution in [0.2, 0.25) is 0 Å². The van der Waals surface area contributed by atoms with E-state index >= 15 is 0 Å². The molecule has 0 radical (unpaired) electrons. The van der Waals surface area contributed by atoms with Gasteiger partial charge in [-0.1, -0.05) is 38.1 Å². The molecule has 2 unspecified atom stereocenters. The van der Waals surface area contributed by atoms with Crippen molar-refractivity contribution in [2.45, 2.75) is 31.5 Å². The van der Waals surface area contributed by atoms with Crippen LogP contribution >= 0.6 is 0 Å². The Labute approximate surface area is 203 Å². The maximum Gasteiger partial charge on any atom is 0.119 e. The van der Waals surface area contributed by atoms with Gasteiger partial charge in [-0.05, 0) is 35.4 Å². The first-order valence-electron chi connectivity index (χ1n) is 12.4. The number of epoxide rings is 2. The molecule has 3 N–H and O–H groups in total. The highest BCUT2D eigenvalue weighted by Gasteiger charge is 2.25. The predicted octanol–water partition coefficient (Wildman–Crippen LogP) is 2.42. The molecule has 0 bridgehead atoms. The van der Waals surface area contributed by atoms with Crippen LogP contribution < -0.4 is 20.5 Å². The van der Waals surface area contributed by atoms with E-state index in [1.54, 1.807) is 0 Å². The van der Waals surface area contributed by atoms with Gasteiger partial charge in [-0.3, -0.25) is 4.90 Å². The van der Waals surface area contributed by atoms with E-state index in [9.17, 15) is 0 Å². The number of nitrogens with one attached hydrogen (secondary N) is 1. The number of nitrogens with zero attached hydrogens (tertiary/aromatic N) is 1. The molecule has 3 aliphatic heterocycles. The molecule has 2 aromatic carbocycles. The number of piperazine rings is 1. The summed E-state index contributed by atoms with van der Waals surface area (Å²) in [5, 5.41) is 3.29. The number of hydrogen-bond acceptors (Lipinski definition) is 7. The van der Waals surface area contributed by atoms with Crippen molar-refractivity contribution >= 4 is 0 Å². The van der Waals surface area contributed by atoms with Crippen LogP contribution in [0.3, 0.4) is 0 Å². The topological polar surface area (TPSA) is 84.8 Å². The zero-order chi connectivity index (χ0) is 23.8. The second-order valence-electron chi connectivity index (χ2n) is 9.59. The summed E-state index contributed by atoms with van der Waals surface area (Å²) < 4.78 is 21.8. The fourth-order valence-corrected chi connectivity index (χ4v) is 3.93. The molecule has 7 heteroatoms. The van der Waals surface area contributed by atoms with Crippen LogP contribution in [-0.4, -0.2) is 82.8 Å². The van der Waals surface area contributed by atoms with Crippen LogP contribution in [0, 0.1) is 0 Å². The fraction of sp³-hybridized carbons (Fsp3) is 0.556. The van der Waals surface area contributed by atoms with Gasteiger partial charge in [0.15, 0.2) is 0 Å². The summed E-state index contributed by atoms with van der Waals surface area (Å²) in [4.78, 5) is 2.39. The van der Waals surface area contributed by atoms with Crippen LogP contribution in [0.1, 0.15) is 25.0 Å². The van der Waals surface area contributed by atoms with Crippen LogP contribution in [0.15, 0.2) is 48.5 Å². The van der Waals surface area contributed by atoms with E-state index < -0.39 is 0 Å². The Morgan fingerprint density at radius 2 is 1.29 bits per heavy atom. The smallest absolute Gasteiger partial charge is 0.119 e. The standard InChI is InChI=1S/C21H24O4.C6H15N3/c1-21(2,15-3-7-17(8-4-15)22-11-19-13-24-19)16-5-9-18(10-6-16)23-12-20-14-25-20;7-1-4-9-5-2-8-3-6-9/h3-10,19-20H,11-14H2,1-2H3;8H,1-7H2. The quantitative estimate of drug-likeness (QED) is 0.517. The van der Waals surface area contributed by atoms with Gasteiger partial charge < -0.3 is 30.0 Å². The highest BCUT2D eigenvalue weighted by molar-refractivity contribution is 5.41. The van der Waals surface area contributed by atoms with Crippen molar-refractivity contribution in [3.8, 4) is 11.5 Å². The highest BCUT2D eigenvalue weighted by Crippen LogP contribution is 2.33. The zero-order valence-corrected chi connectivity index (χ0v) is 20.5. The van der Waals surface area contributed by atoms with E-state index in [0.717, 1.165) is 64.0 Å². The first-order valence-corrected chi connectivity index (χ1v) is 12.4. The molecular weight excluding hydrogens is 430 g/mol. The lowest BCUT2D eigenvalue weighted by molar-refractivity contribution is 0.247. The van der Waals surface area contributed by atoms with Gasteiger partial charge in [0.2, 0.25) is 0 Å². The Morgan fingerprint density at radius 1 is 0.853 bits per heavy atom. The van der Waals surface area contributed by atoms with E-state index in [0.29, 0.717) is 13.2 Å². The van der Waals surface area contributed by atoms with E-state index in [1.807, 2.05) is 24.3 Å². The number of benzene rings is 2. The van der Waals surface area contributed by atoms with Crippen molar-refractivity contribution in [1.29, 1.82) is 0 Å². The Bertz CT molecular complexity index is 794. The van der Waals surface area contributed by atoms with E-state index in [4.69, 9.17) is 24.7 Å². The van der Waals surface area contributed by atoms with Gasteiger partial charge in [-0.2, -0.15) is 0 Å². The number of ether oxygens (including phenoxy) is 4. The third kappa shape index (κ3) is 7.68. The van der Waals surface area contributed by atoms with Crippen LogP contribution in [0.4, 0.5) is 0 Å². The monoisotopic (exact) mass is 469 g/mol. The van der Waals surface area contributed by atoms with Gasteiger partial charge in [0, 0.05) is 44.7 Å². The highest BCUT2D eigenvalue weighted by atomic mass is 16.6. The van der Waals surface area contributed by atoms with Gasteiger partial charge >= 0.3 is 0 Å². The minimum atomic E-state index is -0.0870. The molecule has 0 aliphatic carbocycles. The number of rotatable bonds is 10. The van der Waals surface area contributed by atoms with Crippen molar-refractivity contribution in [3.63, 3.8) is 0 Å². The second kappa shape index (κ2) is 12.0. The van der Waals surface area contributed by atoms with Crippen LogP contribution in [0.5, 0.6) is 11.5 Å². The molecule has 3 saturated heterocycles. The molecule has 3 aliphatic rings. The van der Waals surface area contributed by atoms with Crippen molar-refractivity contribution < 1.29 is 18.9 Å². The molecule has 7 nitrogen and oxygen atoms in total. The molecule has 34 heavy (non-hydrogen) atoms. The maximum atomic E-state index is 5.72. The Kier molecular flexibility index (Phi) is 8.80. The average Bonchev–Trinajstić information content (AvgIpc) is 3.79. The Hall–Kier alpha value is -2.16. The normalized spacial score (nSPS) is 21.9. The predicted molar refractivity (Wildman–Crippen MR) is 134 cm³/mol. The maximum absolute atomic E-state index is 5.72. The summed E-state index contributed by atoms with van der Waals surface area (Å²) in [5.74, 6) is 1.78. The lowest BCUT2D eigenvalue weighted by Gasteiger charge is -2.26. The van der Waals surface area contributed by atoms with Crippen molar-refractivity contribution in [1.82, 2.24) is 10.2 Å². The lowest BCUT2D eigenvalue weighted by Crippen LogP contribution is -2.45. The van der Waals surface area contributed by atoms with Gasteiger partial charge in [-0.15, -0.1) is 0 Å². The lowest BCUT2D eigenvalue weighted by atomic mass is 9.78. The summed E-state index contributed by atoms with van der Waals surface area (Å²) in [5.41, 5.74) is 7.82. The Balaban J connectivity index is 0.000000257. The van der Waals surface area contributed by atoms with E-state index in [-0.39, 0.29) is 17.6 Å². The fourth-order valence-electron chi connectivity index (χ4n) is 3.93. The van der Waals surface area contributed by atoms with Gasteiger partial charge in [0.1, 0.15) is 36.9 Å². The number of nitrogens with two attached hydrogens (primary N) is 1. The van der Waals surface area contributed by atoms with Crippen molar-refractivity contribution in [2.24, 2.45) is 5.73 Å². The molecule has 3 fully saturated rings. The molecule has 0 saturated carbocycles. The summed E-state index contributed by atoms with van der Waals surface area (Å²) in [6.07, 6.45) is 0.562. The Morgan fingerprint density at radius 3 is 1.68 bits per heavy atom. The van der Waals surface area contributed by atoms with E-state index in [2.05, 4.69) is 48.3 Å². The second-order valence-corrected chi connectivity index (χ2v) is 9.59. The summed E-state index contributed by atoms with van der Waals surface area (Å²) in [7, 11) is 0. The molecule has 2 atom stereocenters. The molecular formula is C27H39N3O4. The average molecular weight is 470 g/mol. The first-order chi connectivity index (χ1) is 16.5. The van der Waals surface area contributed by atoms with Gasteiger partial charge in [0.25, 0.3) is 0 Å². The van der Waals surface area contributed by atoms with Crippen molar-refractivity contribution in [2.75, 3.05) is 65.7 Å². The van der Waals surface area contributed by atoms with Gasteiger partial charge in [0.05, 0.1) is 13.2 Å². The van der Waals surface area contributed by atoms with Gasteiger partial charge in [-0.25, -0.2) is 0 Å². The minimum Gasteiger partial charge on any atom is -0.491 e. The summed E-state index contributed by atoms with van der Waals surface area (Å²) in [6.45, 7) is 13.8. The molecule has 0 spiro atoms.